The van der Waals surface area contributed by atoms with Crippen LogP contribution in [0.1, 0.15) is 46.7 Å². The summed E-state index contributed by atoms with van der Waals surface area (Å²) in [6.07, 6.45) is 4.43. The Kier molecular flexibility index (Phi) is 2.71. The summed E-state index contributed by atoms with van der Waals surface area (Å²) in [6.45, 7) is 2.19. The molecule has 0 fully saturated rings. The lowest BCUT2D eigenvalue weighted by Gasteiger charge is -2.28. The van der Waals surface area contributed by atoms with Crippen molar-refractivity contribution in [1.82, 2.24) is 4.98 Å². The van der Waals surface area contributed by atoms with Gasteiger partial charge in [-0.1, -0.05) is 37.3 Å². The van der Waals surface area contributed by atoms with Crippen LogP contribution in [-0.2, 0) is 0 Å². The molecule has 0 aliphatic heterocycles. The van der Waals surface area contributed by atoms with Crippen LogP contribution in [0.3, 0.4) is 0 Å². The van der Waals surface area contributed by atoms with Crippen LogP contribution in [0.5, 0.6) is 0 Å². The van der Waals surface area contributed by atoms with Crippen molar-refractivity contribution in [3.63, 3.8) is 0 Å². The molecule has 1 heterocycles. The molecular weight excluding hydrogens is 222 g/mol. The van der Waals surface area contributed by atoms with Crippen molar-refractivity contribution in [3.8, 4) is 0 Å². The van der Waals surface area contributed by atoms with Gasteiger partial charge >= 0.3 is 0 Å². The van der Waals surface area contributed by atoms with Crippen LogP contribution >= 0.6 is 0 Å². The van der Waals surface area contributed by atoms with Gasteiger partial charge in [-0.3, -0.25) is 9.78 Å². The second-order valence-corrected chi connectivity index (χ2v) is 4.93. The maximum atomic E-state index is 12.5. The number of hydrogen-bond donors (Lipinski definition) is 0. The lowest BCUT2D eigenvalue weighted by atomic mass is 9.74. The second kappa shape index (κ2) is 4.37. The highest BCUT2D eigenvalue weighted by molar-refractivity contribution is 6.03. The van der Waals surface area contributed by atoms with Crippen LogP contribution in [-0.4, -0.2) is 10.8 Å². The van der Waals surface area contributed by atoms with Gasteiger partial charge < -0.3 is 0 Å². The number of ketones is 1. The van der Waals surface area contributed by atoms with Crippen molar-refractivity contribution in [2.75, 3.05) is 0 Å². The Morgan fingerprint density at radius 1 is 1.17 bits per heavy atom. The molecule has 0 radical (unpaired) electrons. The molecule has 0 saturated carbocycles. The van der Waals surface area contributed by atoms with E-state index in [-0.39, 0.29) is 11.7 Å². The van der Waals surface area contributed by atoms with Crippen molar-refractivity contribution in [2.45, 2.75) is 25.2 Å². The first-order valence-corrected chi connectivity index (χ1v) is 6.30. The topological polar surface area (TPSA) is 30.0 Å². The minimum atomic E-state index is -0.0383. The van der Waals surface area contributed by atoms with E-state index in [1.165, 1.54) is 5.56 Å². The van der Waals surface area contributed by atoms with Crippen LogP contribution in [0.4, 0.5) is 0 Å². The molecule has 3 rings (SSSR count). The summed E-state index contributed by atoms with van der Waals surface area (Å²) >= 11 is 0. The van der Waals surface area contributed by atoms with Gasteiger partial charge in [0.25, 0.3) is 0 Å². The first-order chi connectivity index (χ1) is 8.77. The lowest BCUT2D eigenvalue weighted by molar-refractivity contribution is 0.0940. The molecule has 1 aromatic carbocycles. The Balaban J connectivity index is 2.05. The molecule has 0 bridgehead atoms. The fraction of sp³-hybridized carbons (Fsp3) is 0.250. The first kappa shape index (κ1) is 11.1. The van der Waals surface area contributed by atoms with Gasteiger partial charge in [-0.25, -0.2) is 0 Å². The summed E-state index contributed by atoms with van der Waals surface area (Å²) in [5.41, 5.74) is 3.09. The zero-order valence-electron chi connectivity index (χ0n) is 10.3. The number of nitrogens with zero attached hydrogens (tertiary/aromatic N) is 1. The van der Waals surface area contributed by atoms with Crippen LogP contribution in [0.15, 0.2) is 48.8 Å². The first-order valence-electron chi connectivity index (χ1n) is 6.30. The lowest BCUT2D eigenvalue weighted by Crippen LogP contribution is -2.23. The van der Waals surface area contributed by atoms with Gasteiger partial charge in [-0.05, 0) is 29.5 Å². The molecule has 18 heavy (non-hydrogen) atoms. The summed E-state index contributed by atoms with van der Waals surface area (Å²) < 4.78 is 0. The number of hydrogen-bond acceptors (Lipinski definition) is 2. The number of rotatable bonds is 1. The summed E-state index contributed by atoms with van der Waals surface area (Å²) in [6, 6.07) is 11.8. The van der Waals surface area contributed by atoms with E-state index < -0.39 is 0 Å². The molecule has 2 aromatic rings. The van der Waals surface area contributed by atoms with Crippen molar-refractivity contribution in [2.24, 2.45) is 0 Å². The number of benzene rings is 1. The predicted octanol–water partition coefficient (Wildman–Crippen LogP) is 3.56. The van der Waals surface area contributed by atoms with Gasteiger partial charge in [0.1, 0.15) is 0 Å². The summed E-state index contributed by atoms with van der Waals surface area (Å²) in [4.78, 5) is 16.7. The number of aromatic nitrogens is 1. The van der Waals surface area contributed by atoms with Gasteiger partial charge in [0.15, 0.2) is 5.78 Å². The molecule has 0 saturated heterocycles. The maximum absolute atomic E-state index is 12.5. The Labute approximate surface area is 107 Å². The standard InChI is InChI=1S/C16H15NO/c1-11-9-15(12-5-4-8-17-10-12)16(18)14-7-3-2-6-13(11)14/h2-8,10-11,15H,9H2,1H3. The van der Waals surface area contributed by atoms with E-state index in [1.54, 1.807) is 6.20 Å². The largest absolute Gasteiger partial charge is 0.293 e. The Bertz CT molecular complexity index is 577. The number of Topliss-reactive ketones (excluding diaryl/α,β-unsaturated/α-hetero) is 1. The second-order valence-electron chi connectivity index (χ2n) is 4.93. The summed E-state index contributed by atoms with van der Waals surface area (Å²) in [7, 11) is 0. The minimum Gasteiger partial charge on any atom is -0.293 e. The Morgan fingerprint density at radius 2 is 2.00 bits per heavy atom. The maximum Gasteiger partial charge on any atom is 0.170 e. The number of carbonyl (C=O) groups is 1. The van der Waals surface area contributed by atoms with Crippen LogP contribution < -0.4 is 0 Å². The SMILES string of the molecule is CC1CC(c2cccnc2)C(=O)c2ccccc21. The third-order valence-electron chi connectivity index (χ3n) is 3.75. The van der Waals surface area contributed by atoms with Crippen LogP contribution in [0.2, 0.25) is 0 Å². The molecule has 2 unspecified atom stereocenters. The third kappa shape index (κ3) is 1.74. The van der Waals surface area contributed by atoms with E-state index >= 15 is 0 Å². The number of fused-ring (bicyclic) bond motifs is 1. The van der Waals surface area contributed by atoms with E-state index in [4.69, 9.17) is 0 Å². The number of carbonyl (C=O) groups excluding carboxylic acids is 1. The van der Waals surface area contributed by atoms with Gasteiger partial charge in [0.2, 0.25) is 0 Å². The van der Waals surface area contributed by atoms with Gasteiger partial charge in [-0.2, -0.15) is 0 Å². The van der Waals surface area contributed by atoms with E-state index in [1.807, 2.05) is 36.5 Å². The molecule has 0 N–H and O–H groups in total. The smallest absolute Gasteiger partial charge is 0.170 e. The molecule has 1 aliphatic rings. The van der Waals surface area contributed by atoms with Crippen molar-refractivity contribution in [1.29, 1.82) is 0 Å². The predicted molar refractivity (Wildman–Crippen MR) is 70.8 cm³/mol. The molecular formula is C16H15NO. The molecule has 0 amide bonds. The van der Waals surface area contributed by atoms with Crippen molar-refractivity contribution < 1.29 is 4.79 Å². The summed E-state index contributed by atoms with van der Waals surface area (Å²) in [5.74, 6) is 0.615. The average molecular weight is 237 g/mol. The fourth-order valence-corrected chi connectivity index (χ4v) is 2.80. The highest BCUT2D eigenvalue weighted by Crippen LogP contribution is 2.39. The molecule has 2 heteroatoms. The average Bonchev–Trinajstić information content (AvgIpc) is 2.44. The van der Waals surface area contributed by atoms with E-state index in [0.717, 1.165) is 17.5 Å². The molecule has 1 aliphatic carbocycles. The monoisotopic (exact) mass is 237 g/mol. The molecule has 90 valence electrons. The third-order valence-corrected chi connectivity index (χ3v) is 3.75. The molecule has 2 atom stereocenters. The molecule has 2 nitrogen and oxygen atoms in total. The summed E-state index contributed by atoms with van der Waals surface area (Å²) in [5, 5.41) is 0. The minimum absolute atomic E-state index is 0.0383. The highest BCUT2D eigenvalue weighted by Gasteiger charge is 2.32. The van der Waals surface area contributed by atoms with Crippen molar-refractivity contribution >= 4 is 5.78 Å². The van der Waals surface area contributed by atoms with E-state index in [0.29, 0.717) is 5.92 Å². The quantitative estimate of drug-likeness (QED) is 0.759. The van der Waals surface area contributed by atoms with Crippen LogP contribution in [0, 0.1) is 0 Å². The molecule has 0 spiro atoms. The zero-order valence-corrected chi connectivity index (χ0v) is 10.3. The van der Waals surface area contributed by atoms with Gasteiger partial charge in [0, 0.05) is 23.9 Å². The van der Waals surface area contributed by atoms with Crippen molar-refractivity contribution in [3.05, 3.63) is 65.5 Å². The fourth-order valence-electron chi connectivity index (χ4n) is 2.80. The Hall–Kier alpha value is -1.96. The molecule has 1 aromatic heterocycles. The van der Waals surface area contributed by atoms with E-state index in [2.05, 4.69) is 18.0 Å². The van der Waals surface area contributed by atoms with Crippen LogP contribution in [0.25, 0.3) is 0 Å². The number of pyridine rings is 1. The van der Waals surface area contributed by atoms with E-state index in [9.17, 15) is 4.79 Å². The Morgan fingerprint density at radius 3 is 2.78 bits per heavy atom. The normalized spacial score (nSPS) is 22.6. The zero-order chi connectivity index (χ0) is 12.5. The van der Waals surface area contributed by atoms with Gasteiger partial charge in [-0.15, -0.1) is 0 Å². The van der Waals surface area contributed by atoms with Gasteiger partial charge in [0.05, 0.1) is 0 Å². The highest BCUT2D eigenvalue weighted by atomic mass is 16.1.